The lowest BCUT2D eigenvalue weighted by molar-refractivity contribution is -0.242. The molecule has 39 heavy (non-hydrogen) atoms. The lowest BCUT2D eigenvalue weighted by atomic mass is 9.78. The molecular formula is C28H29F3N4O3S. The molecule has 5 heterocycles. The number of unbranched alkanes of at least 4 members (excludes halogenated alkanes) is 3. The number of aromatic nitrogens is 1. The topological polar surface area (TPSA) is 78.6 Å². The summed E-state index contributed by atoms with van der Waals surface area (Å²) in [6, 6.07) is 5.27. The molecule has 0 N–H and O–H groups in total. The Bertz CT molecular complexity index is 1360. The van der Waals surface area contributed by atoms with Gasteiger partial charge in [0.2, 0.25) is 5.78 Å². The van der Waals surface area contributed by atoms with Gasteiger partial charge in [-0.3, -0.25) is 14.5 Å². The summed E-state index contributed by atoms with van der Waals surface area (Å²) in [4.78, 5) is 29.8. The van der Waals surface area contributed by atoms with E-state index in [9.17, 15) is 28.0 Å². The fourth-order valence-electron chi connectivity index (χ4n) is 5.49. The van der Waals surface area contributed by atoms with Gasteiger partial charge in [-0.2, -0.15) is 18.4 Å². The van der Waals surface area contributed by atoms with E-state index in [0.717, 1.165) is 80.5 Å². The van der Waals surface area contributed by atoms with Crippen molar-refractivity contribution in [3.8, 4) is 6.07 Å². The van der Waals surface area contributed by atoms with E-state index in [0.29, 0.717) is 6.42 Å². The Balaban J connectivity index is 1.08. The zero-order valence-electron chi connectivity index (χ0n) is 21.6. The summed E-state index contributed by atoms with van der Waals surface area (Å²) in [5.41, 5.74) is -2.22. The molecule has 1 fully saturated rings. The summed E-state index contributed by atoms with van der Waals surface area (Å²) in [5.74, 6) is -0.971. The van der Waals surface area contributed by atoms with Crippen LogP contribution in [0.2, 0.25) is 0 Å². The lowest BCUT2D eigenvalue weighted by Crippen LogP contribution is -2.60. The van der Waals surface area contributed by atoms with Crippen molar-refractivity contribution in [1.82, 2.24) is 14.4 Å². The first-order valence-electron chi connectivity index (χ1n) is 13.1. The van der Waals surface area contributed by atoms with Crippen molar-refractivity contribution in [3.05, 3.63) is 63.3 Å². The predicted molar refractivity (Wildman–Crippen MR) is 140 cm³/mol. The van der Waals surface area contributed by atoms with E-state index < -0.39 is 23.1 Å². The minimum atomic E-state index is -4.88. The standard InChI is InChI=1S/C28H29F3N4O3S/c1-19-17-35(25-24-22(36)15-21(16-32)27(25,38-24)28(29,30)31)18-20(19)7-4-2-3-5-9-33-10-12-34(13-11-33)26(37)23-8-6-14-39-23/h6,8,14-15,17-18H,2-5,7,9-13H2,1H3. The number of alkyl halides is 3. The van der Waals surface area contributed by atoms with Crippen molar-refractivity contribution in [2.75, 3.05) is 32.7 Å². The number of carbonyl (C=O) groups excluding carboxylic acids is 2. The van der Waals surface area contributed by atoms with Gasteiger partial charge in [0.05, 0.1) is 16.5 Å². The van der Waals surface area contributed by atoms with Gasteiger partial charge in [0.15, 0.2) is 5.76 Å². The Kier molecular flexibility index (Phi) is 7.44. The zero-order valence-corrected chi connectivity index (χ0v) is 22.4. The van der Waals surface area contributed by atoms with Gasteiger partial charge in [-0.1, -0.05) is 18.9 Å². The fourth-order valence-corrected chi connectivity index (χ4v) is 6.18. The molecule has 2 aromatic rings. The molecule has 1 amide bonds. The van der Waals surface area contributed by atoms with Crippen LogP contribution < -0.4 is 0 Å². The SMILES string of the molecule is Cc1cn(C2=C3OC2(C(F)(F)F)C(C#N)=CC3=O)cc1CCCCCCN1CCN(C(=O)c2cccs2)CC1. The van der Waals surface area contributed by atoms with Gasteiger partial charge in [0, 0.05) is 44.6 Å². The molecule has 0 aliphatic carbocycles. The van der Waals surface area contributed by atoms with Gasteiger partial charge in [-0.25, -0.2) is 0 Å². The molecule has 206 valence electrons. The van der Waals surface area contributed by atoms with Gasteiger partial charge in [-0.05, 0) is 55.3 Å². The van der Waals surface area contributed by atoms with E-state index in [1.165, 1.54) is 22.0 Å². The molecule has 0 radical (unpaired) electrons. The van der Waals surface area contributed by atoms with Crippen LogP contribution in [0, 0.1) is 18.3 Å². The van der Waals surface area contributed by atoms with Crippen molar-refractivity contribution >= 4 is 28.7 Å². The van der Waals surface area contributed by atoms with Crippen molar-refractivity contribution in [3.63, 3.8) is 0 Å². The number of fused-ring (bicyclic) bond motifs is 2. The van der Waals surface area contributed by atoms with Crippen LogP contribution in [-0.2, 0) is 16.0 Å². The minimum absolute atomic E-state index is 0.112. The summed E-state index contributed by atoms with van der Waals surface area (Å²) in [6.07, 6.45) is 3.72. The number of amides is 1. The van der Waals surface area contributed by atoms with Gasteiger partial charge >= 0.3 is 6.18 Å². The molecule has 2 aromatic heterocycles. The van der Waals surface area contributed by atoms with Crippen LogP contribution in [0.15, 0.2) is 47.3 Å². The number of hydrogen-bond acceptors (Lipinski definition) is 6. The summed E-state index contributed by atoms with van der Waals surface area (Å²) >= 11 is 1.47. The Morgan fingerprint density at radius 2 is 1.90 bits per heavy atom. The van der Waals surface area contributed by atoms with Crippen LogP contribution in [0.3, 0.4) is 0 Å². The van der Waals surface area contributed by atoms with E-state index >= 15 is 0 Å². The number of aryl methyl sites for hydroxylation is 2. The number of halogens is 3. The predicted octanol–water partition coefficient (Wildman–Crippen LogP) is 4.95. The van der Waals surface area contributed by atoms with Crippen LogP contribution in [-0.4, -0.2) is 70.6 Å². The maximum Gasteiger partial charge on any atom is 0.439 e. The number of ether oxygens (including phenoxy) is 1. The number of thiophene rings is 1. The third-order valence-corrected chi connectivity index (χ3v) is 8.51. The van der Waals surface area contributed by atoms with E-state index in [4.69, 9.17) is 4.74 Å². The van der Waals surface area contributed by atoms with Crippen molar-refractivity contribution in [2.45, 2.75) is 50.8 Å². The van der Waals surface area contributed by atoms with Gasteiger partial charge < -0.3 is 14.2 Å². The fraction of sp³-hybridized carbons (Fsp3) is 0.464. The Hall–Kier alpha value is -3.36. The van der Waals surface area contributed by atoms with Crippen molar-refractivity contribution in [2.24, 2.45) is 0 Å². The van der Waals surface area contributed by atoms with E-state index in [1.54, 1.807) is 12.4 Å². The summed E-state index contributed by atoms with van der Waals surface area (Å²) in [7, 11) is 0. The summed E-state index contributed by atoms with van der Waals surface area (Å²) < 4.78 is 48.4. The first-order valence-corrected chi connectivity index (χ1v) is 13.9. The quantitative estimate of drug-likeness (QED) is 0.407. The number of ketones is 1. The van der Waals surface area contributed by atoms with Crippen LogP contribution in [0.25, 0.3) is 5.70 Å². The van der Waals surface area contributed by atoms with Gasteiger partial charge in [0.1, 0.15) is 5.70 Å². The molecule has 1 atom stereocenters. The Morgan fingerprint density at radius 3 is 2.56 bits per heavy atom. The van der Waals surface area contributed by atoms with Crippen LogP contribution in [0.4, 0.5) is 13.2 Å². The number of piperazine rings is 1. The van der Waals surface area contributed by atoms with E-state index in [2.05, 4.69) is 4.90 Å². The highest BCUT2D eigenvalue weighted by Gasteiger charge is 2.72. The van der Waals surface area contributed by atoms with E-state index in [1.807, 2.05) is 29.3 Å². The molecular weight excluding hydrogens is 529 g/mol. The molecule has 3 aliphatic heterocycles. The first kappa shape index (κ1) is 27.2. The van der Waals surface area contributed by atoms with Crippen molar-refractivity contribution < 1.29 is 27.5 Å². The lowest BCUT2D eigenvalue weighted by Gasteiger charge is -2.47. The number of rotatable bonds is 9. The molecule has 7 nitrogen and oxygen atoms in total. The highest BCUT2D eigenvalue weighted by atomic mass is 32.1. The number of hydrogen-bond donors (Lipinski definition) is 0. The highest BCUT2D eigenvalue weighted by molar-refractivity contribution is 7.12. The molecule has 0 saturated carbocycles. The average Bonchev–Trinajstić information content (AvgIpc) is 3.55. The summed E-state index contributed by atoms with van der Waals surface area (Å²) in [6.45, 7) is 6.03. The monoisotopic (exact) mass is 558 g/mol. The number of nitriles is 1. The zero-order chi connectivity index (χ0) is 27.8. The maximum atomic E-state index is 14.0. The molecule has 0 spiro atoms. The third-order valence-electron chi connectivity index (χ3n) is 7.66. The molecule has 1 unspecified atom stereocenters. The first-order chi connectivity index (χ1) is 18.7. The van der Waals surface area contributed by atoms with E-state index in [-0.39, 0.29) is 17.4 Å². The Morgan fingerprint density at radius 1 is 1.15 bits per heavy atom. The second-order valence-corrected chi connectivity index (χ2v) is 11.1. The molecule has 2 bridgehead atoms. The van der Waals surface area contributed by atoms with Crippen LogP contribution in [0.1, 0.15) is 46.5 Å². The molecule has 3 aliphatic rings. The average molecular weight is 559 g/mol. The number of carbonyl (C=O) groups is 2. The highest BCUT2D eigenvalue weighted by Crippen LogP contribution is 2.57. The number of nitrogens with zero attached hydrogens (tertiary/aromatic N) is 4. The van der Waals surface area contributed by atoms with Gasteiger partial charge in [-0.15, -0.1) is 11.3 Å². The molecule has 11 heteroatoms. The second kappa shape index (κ2) is 10.7. The number of allylic oxidation sites excluding steroid dienone is 1. The van der Waals surface area contributed by atoms with Gasteiger partial charge in [0.25, 0.3) is 11.5 Å². The largest absolute Gasteiger partial charge is 0.459 e. The third kappa shape index (κ3) is 4.92. The maximum absolute atomic E-state index is 14.0. The van der Waals surface area contributed by atoms with Crippen molar-refractivity contribution in [1.29, 1.82) is 5.26 Å². The minimum Gasteiger partial charge on any atom is -0.459 e. The molecule has 0 aromatic carbocycles. The normalized spacial score (nSPS) is 21.4. The molecule has 1 saturated heterocycles. The Labute approximate surface area is 228 Å². The smallest absolute Gasteiger partial charge is 0.439 e. The second-order valence-electron chi connectivity index (χ2n) is 10.1. The summed E-state index contributed by atoms with van der Waals surface area (Å²) in [5, 5.41) is 11.2. The van der Waals surface area contributed by atoms with Crippen LogP contribution in [0.5, 0.6) is 0 Å². The molecule has 5 rings (SSSR count). The van der Waals surface area contributed by atoms with Crippen LogP contribution >= 0.6 is 11.3 Å².